The highest BCUT2D eigenvalue weighted by molar-refractivity contribution is 9.08. The molecule has 1 N–H and O–H groups in total. The smallest absolute Gasteiger partial charge is 0.358 e. The SMILES string of the molecule is O=[N+]([O-])c1n[nH]cc1CBr. The molecule has 0 atom stereocenters. The molecule has 0 amide bonds. The molecule has 0 saturated carbocycles. The predicted molar refractivity (Wildman–Crippen MR) is 37.9 cm³/mol. The summed E-state index contributed by atoms with van der Waals surface area (Å²) in [6, 6.07) is 0. The van der Waals surface area contributed by atoms with Crippen molar-refractivity contribution in [3.05, 3.63) is 21.9 Å². The topological polar surface area (TPSA) is 71.8 Å². The van der Waals surface area contributed by atoms with Crippen LogP contribution in [0.25, 0.3) is 0 Å². The predicted octanol–water partition coefficient (Wildman–Crippen LogP) is 1.21. The molecule has 0 aromatic carbocycles. The molecule has 0 fully saturated rings. The molecule has 0 saturated heterocycles. The van der Waals surface area contributed by atoms with Crippen molar-refractivity contribution in [2.45, 2.75) is 5.33 Å². The maximum atomic E-state index is 10.1. The zero-order valence-corrected chi connectivity index (χ0v) is 6.46. The Kier molecular flexibility index (Phi) is 2.00. The van der Waals surface area contributed by atoms with Crippen LogP contribution in [-0.4, -0.2) is 15.1 Å². The van der Waals surface area contributed by atoms with Gasteiger partial charge in [0.1, 0.15) is 0 Å². The minimum atomic E-state index is -0.521. The number of nitrogens with zero attached hydrogens (tertiary/aromatic N) is 2. The first-order chi connectivity index (χ1) is 4.75. The minimum Gasteiger partial charge on any atom is -0.358 e. The van der Waals surface area contributed by atoms with E-state index < -0.39 is 4.92 Å². The molecule has 0 bridgehead atoms. The van der Waals surface area contributed by atoms with E-state index in [0.29, 0.717) is 10.9 Å². The van der Waals surface area contributed by atoms with Gasteiger partial charge in [-0.1, -0.05) is 15.9 Å². The van der Waals surface area contributed by atoms with Crippen LogP contribution in [0.15, 0.2) is 6.20 Å². The molecule has 0 unspecified atom stereocenters. The molecule has 0 spiro atoms. The number of hydrogen-bond donors (Lipinski definition) is 1. The maximum absolute atomic E-state index is 10.1. The van der Waals surface area contributed by atoms with Gasteiger partial charge < -0.3 is 10.1 Å². The Hall–Kier alpha value is -0.910. The number of halogens is 1. The second kappa shape index (κ2) is 2.78. The van der Waals surface area contributed by atoms with E-state index in [9.17, 15) is 10.1 Å². The normalized spacial score (nSPS) is 9.70. The summed E-state index contributed by atoms with van der Waals surface area (Å²) < 4.78 is 0. The lowest BCUT2D eigenvalue weighted by Crippen LogP contribution is -1.90. The van der Waals surface area contributed by atoms with Crippen molar-refractivity contribution in [2.75, 3.05) is 0 Å². The summed E-state index contributed by atoms with van der Waals surface area (Å²) in [4.78, 5) is 9.62. The van der Waals surface area contributed by atoms with Gasteiger partial charge in [-0.25, -0.2) is 0 Å². The average molecular weight is 206 g/mol. The van der Waals surface area contributed by atoms with Gasteiger partial charge in [-0.2, -0.15) is 5.10 Å². The summed E-state index contributed by atoms with van der Waals surface area (Å²) in [5.41, 5.74) is 0.560. The second-order valence-electron chi connectivity index (χ2n) is 1.62. The molecule has 1 aromatic heterocycles. The minimum absolute atomic E-state index is 0.114. The van der Waals surface area contributed by atoms with Gasteiger partial charge in [0.2, 0.25) is 0 Å². The first-order valence-electron chi connectivity index (χ1n) is 2.48. The summed E-state index contributed by atoms with van der Waals surface area (Å²) in [5, 5.41) is 16.4. The van der Waals surface area contributed by atoms with Crippen molar-refractivity contribution in [1.82, 2.24) is 10.2 Å². The van der Waals surface area contributed by atoms with E-state index in [2.05, 4.69) is 26.1 Å². The summed E-state index contributed by atoms with van der Waals surface area (Å²) in [6.07, 6.45) is 1.49. The van der Waals surface area contributed by atoms with E-state index in [4.69, 9.17) is 0 Å². The molecule has 5 nitrogen and oxygen atoms in total. The van der Waals surface area contributed by atoms with Gasteiger partial charge in [0.05, 0.1) is 16.9 Å². The first kappa shape index (κ1) is 7.20. The van der Waals surface area contributed by atoms with E-state index in [1.54, 1.807) is 0 Å². The molecule has 10 heavy (non-hydrogen) atoms. The molecule has 0 aliphatic heterocycles. The van der Waals surface area contributed by atoms with Crippen LogP contribution in [0, 0.1) is 10.1 Å². The van der Waals surface area contributed by atoms with Crippen LogP contribution in [0.2, 0.25) is 0 Å². The van der Waals surface area contributed by atoms with Crippen molar-refractivity contribution < 1.29 is 4.92 Å². The van der Waals surface area contributed by atoms with Gasteiger partial charge in [0.25, 0.3) is 0 Å². The summed E-state index contributed by atoms with van der Waals surface area (Å²) in [5.74, 6) is -0.114. The van der Waals surface area contributed by atoms with Crippen molar-refractivity contribution >= 4 is 21.7 Å². The fraction of sp³-hybridized carbons (Fsp3) is 0.250. The van der Waals surface area contributed by atoms with Crippen molar-refractivity contribution in [2.24, 2.45) is 0 Å². The van der Waals surface area contributed by atoms with Gasteiger partial charge >= 0.3 is 5.82 Å². The second-order valence-corrected chi connectivity index (χ2v) is 2.19. The van der Waals surface area contributed by atoms with Crippen molar-refractivity contribution in [3.8, 4) is 0 Å². The first-order valence-corrected chi connectivity index (χ1v) is 3.61. The lowest BCUT2D eigenvalue weighted by molar-refractivity contribution is -0.390. The number of alkyl halides is 1. The summed E-state index contributed by atoms with van der Waals surface area (Å²) in [7, 11) is 0. The van der Waals surface area contributed by atoms with Crippen LogP contribution in [-0.2, 0) is 5.33 Å². The van der Waals surface area contributed by atoms with E-state index in [1.807, 2.05) is 0 Å². The third kappa shape index (κ3) is 1.15. The van der Waals surface area contributed by atoms with Gasteiger partial charge in [-0.3, -0.25) is 0 Å². The highest BCUT2D eigenvalue weighted by atomic mass is 79.9. The maximum Gasteiger partial charge on any atom is 0.393 e. The number of hydrogen-bond acceptors (Lipinski definition) is 3. The quantitative estimate of drug-likeness (QED) is 0.449. The number of nitro groups is 1. The third-order valence-corrected chi connectivity index (χ3v) is 1.62. The molecular weight excluding hydrogens is 202 g/mol. The Morgan fingerprint density at radius 1 is 1.90 bits per heavy atom. The number of aromatic amines is 1. The van der Waals surface area contributed by atoms with Crippen LogP contribution in [0.3, 0.4) is 0 Å². The largest absolute Gasteiger partial charge is 0.393 e. The van der Waals surface area contributed by atoms with Crippen LogP contribution in [0.1, 0.15) is 5.56 Å². The molecule has 0 aliphatic carbocycles. The van der Waals surface area contributed by atoms with Gasteiger partial charge in [0.15, 0.2) is 0 Å². The Morgan fingerprint density at radius 2 is 2.60 bits per heavy atom. The van der Waals surface area contributed by atoms with Gasteiger partial charge in [-0.05, 0) is 4.92 Å². The van der Waals surface area contributed by atoms with Crippen LogP contribution >= 0.6 is 15.9 Å². The lowest BCUT2D eigenvalue weighted by Gasteiger charge is -1.87. The molecule has 1 heterocycles. The van der Waals surface area contributed by atoms with E-state index >= 15 is 0 Å². The zero-order chi connectivity index (χ0) is 7.56. The van der Waals surface area contributed by atoms with Crippen LogP contribution in [0.4, 0.5) is 5.82 Å². The highest BCUT2D eigenvalue weighted by Crippen LogP contribution is 2.15. The summed E-state index contributed by atoms with van der Waals surface area (Å²) in [6.45, 7) is 0. The lowest BCUT2D eigenvalue weighted by atomic mass is 10.4. The molecule has 54 valence electrons. The Labute approximate surface area is 64.7 Å². The number of nitrogens with one attached hydrogen (secondary N) is 1. The molecular formula is C4H4BrN3O2. The molecule has 0 aliphatic rings. The Bertz CT molecular complexity index is 246. The molecule has 0 radical (unpaired) electrons. The Balaban J connectivity index is 3.01. The van der Waals surface area contributed by atoms with Crippen LogP contribution < -0.4 is 0 Å². The van der Waals surface area contributed by atoms with E-state index in [0.717, 1.165) is 0 Å². The fourth-order valence-corrected chi connectivity index (χ4v) is 0.977. The standard InChI is InChI=1S/C4H4BrN3O2/c5-1-3-2-6-7-4(3)8(9)10/h2H,1H2,(H,6,7). The summed E-state index contributed by atoms with van der Waals surface area (Å²) >= 11 is 3.09. The van der Waals surface area contributed by atoms with E-state index in [1.165, 1.54) is 6.20 Å². The fourth-order valence-electron chi connectivity index (χ4n) is 0.564. The van der Waals surface area contributed by atoms with Crippen molar-refractivity contribution in [3.63, 3.8) is 0 Å². The number of aromatic nitrogens is 2. The molecule has 1 aromatic rings. The third-order valence-electron chi connectivity index (χ3n) is 1.01. The van der Waals surface area contributed by atoms with Crippen LogP contribution in [0.5, 0.6) is 0 Å². The van der Waals surface area contributed by atoms with Gasteiger partial charge in [-0.15, -0.1) is 0 Å². The molecule has 1 rings (SSSR count). The monoisotopic (exact) mass is 205 g/mol. The highest BCUT2D eigenvalue weighted by Gasteiger charge is 2.14. The zero-order valence-electron chi connectivity index (χ0n) is 4.87. The molecule has 6 heteroatoms. The number of H-pyrrole nitrogens is 1. The Morgan fingerprint density at radius 3 is 3.00 bits per heavy atom. The van der Waals surface area contributed by atoms with E-state index in [-0.39, 0.29) is 5.82 Å². The van der Waals surface area contributed by atoms with Crippen molar-refractivity contribution in [1.29, 1.82) is 0 Å². The number of rotatable bonds is 2. The average Bonchev–Trinajstić information content (AvgIpc) is 2.33. The van der Waals surface area contributed by atoms with Gasteiger partial charge in [0, 0.05) is 5.33 Å².